The van der Waals surface area contributed by atoms with E-state index in [4.69, 9.17) is 23.2 Å². The lowest BCUT2D eigenvalue weighted by Gasteiger charge is -2.33. The van der Waals surface area contributed by atoms with Gasteiger partial charge in [-0.1, -0.05) is 67.2 Å². The molecule has 220 valence electrons. The number of benzene rings is 3. The zero-order valence-electron chi connectivity index (χ0n) is 23.2. The second-order valence-electron chi connectivity index (χ2n) is 9.64. The van der Waals surface area contributed by atoms with E-state index in [2.05, 4.69) is 5.32 Å². The van der Waals surface area contributed by atoms with Crippen LogP contribution in [0.15, 0.2) is 71.6 Å². The number of carbonyl (C=O) groups excluding carboxylic acids is 2. The van der Waals surface area contributed by atoms with Gasteiger partial charge in [-0.25, -0.2) is 12.8 Å². The number of rotatable bonds is 13. The minimum absolute atomic E-state index is 0.0166. The van der Waals surface area contributed by atoms with E-state index in [9.17, 15) is 22.4 Å². The number of nitrogens with one attached hydrogen (secondary N) is 1. The van der Waals surface area contributed by atoms with E-state index in [1.807, 2.05) is 13.8 Å². The number of halogens is 3. The van der Waals surface area contributed by atoms with Crippen molar-refractivity contribution in [3.63, 3.8) is 0 Å². The average Bonchev–Trinajstić information content (AvgIpc) is 2.94. The maximum Gasteiger partial charge on any atom is 0.264 e. The number of aryl methyl sites for hydroxylation is 1. The van der Waals surface area contributed by atoms with Gasteiger partial charge in [0.2, 0.25) is 11.8 Å². The quantitative estimate of drug-likeness (QED) is 0.225. The number of nitrogens with zero attached hydrogens (tertiary/aromatic N) is 2. The highest BCUT2D eigenvalue weighted by Crippen LogP contribution is 2.27. The summed E-state index contributed by atoms with van der Waals surface area (Å²) in [5.74, 6) is -1.51. The summed E-state index contributed by atoms with van der Waals surface area (Å²) in [6.07, 6.45) is 1.94. The molecule has 3 aromatic carbocycles. The van der Waals surface area contributed by atoms with Gasteiger partial charge in [0.05, 0.1) is 20.6 Å². The Kier molecular flexibility index (Phi) is 11.6. The first-order valence-electron chi connectivity index (χ1n) is 13.3. The number of amides is 2. The van der Waals surface area contributed by atoms with Crippen molar-refractivity contribution in [2.75, 3.05) is 17.4 Å². The van der Waals surface area contributed by atoms with Gasteiger partial charge < -0.3 is 10.2 Å². The maximum atomic E-state index is 14.0. The van der Waals surface area contributed by atoms with Crippen molar-refractivity contribution in [1.29, 1.82) is 0 Å². The van der Waals surface area contributed by atoms with Crippen LogP contribution in [0.4, 0.5) is 10.1 Å². The Labute approximate surface area is 251 Å². The molecule has 3 rings (SSSR count). The molecule has 0 aliphatic carbocycles. The second-order valence-corrected chi connectivity index (χ2v) is 12.3. The first-order valence-corrected chi connectivity index (χ1v) is 15.5. The fourth-order valence-electron chi connectivity index (χ4n) is 4.23. The molecular weight excluding hydrogens is 588 g/mol. The predicted octanol–water partition coefficient (Wildman–Crippen LogP) is 6.36. The molecule has 0 spiro atoms. The molecule has 0 fully saturated rings. The topological polar surface area (TPSA) is 86.8 Å². The molecule has 11 heteroatoms. The van der Waals surface area contributed by atoms with Crippen LogP contribution in [0.25, 0.3) is 0 Å². The molecule has 0 heterocycles. The number of sulfonamides is 1. The van der Waals surface area contributed by atoms with Crippen LogP contribution in [0.1, 0.15) is 44.2 Å². The smallest absolute Gasteiger partial charge is 0.264 e. The van der Waals surface area contributed by atoms with E-state index in [-0.39, 0.29) is 34.5 Å². The summed E-state index contributed by atoms with van der Waals surface area (Å²) in [6, 6.07) is 15.1. The molecule has 0 unspecified atom stereocenters. The van der Waals surface area contributed by atoms with E-state index < -0.39 is 34.3 Å². The molecule has 0 aliphatic rings. The largest absolute Gasteiger partial charge is 0.354 e. The van der Waals surface area contributed by atoms with Gasteiger partial charge in [0, 0.05) is 13.1 Å². The number of carbonyl (C=O) groups is 2. The summed E-state index contributed by atoms with van der Waals surface area (Å²) in [7, 11) is -4.24. The van der Waals surface area contributed by atoms with E-state index >= 15 is 0 Å². The van der Waals surface area contributed by atoms with E-state index in [0.29, 0.717) is 17.1 Å². The van der Waals surface area contributed by atoms with Crippen LogP contribution >= 0.6 is 23.2 Å². The lowest BCUT2D eigenvalue weighted by atomic mass is 10.1. The number of hydrogen-bond donors (Lipinski definition) is 1. The molecule has 0 saturated heterocycles. The zero-order chi connectivity index (χ0) is 30.2. The molecule has 7 nitrogen and oxygen atoms in total. The highest BCUT2D eigenvalue weighted by atomic mass is 35.5. The third-order valence-corrected chi connectivity index (χ3v) is 9.08. The van der Waals surface area contributed by atoms with E-state index in [0.717, 1.165) is 34.8 Å². The van der Waals surface area contributed by atoms with Crippen molar-refractivity contribution in [3.8, 4) is 0 Å². The van der Waals surface area contributed by atoms with Gasteiger partial charge in [-0.15, -0.1) is 0 Å². The first-order chi connectivity index (χ1) is 19.5. The van der Waals surface area contributed by atoms with Crippen molar-refractivity contribution in [3.05, 3.63) is 93.7 Å². The molecule has 0 bridgehead atoms. The monoisotopic (exact) mass is 621 g/mol. The molecule has 2 amide bonds. The molecule has 0 radical (unpaired) electrons. The van der Waals surface area contributed by atoms with Crippen LogP contribution in [0, 0.1) is 12.7 Å². The van der Waals surface area contributed by atoms with Crippen molar-refractivity contribution in [1.82, 2.24) is 10.2 Å². The summed E-state index contributed by atoms with van der Waals surface area (Å²) in [6.45, 7) is 5.42. The van der Waals surface area contributed by atoms with Gasteiger partial charge >= 0.3 is 0 Å². The van der Waals surface area contributed by atoms with Crippen LogP contribution in [-0.4, -0.2) is 44.3 Å². The summed E-state index contributed by atoms with van der Waals surface area (Å²) in [5, 5.41) is 3.50. The number of hydrogen-bond acceptors (Lipinski definition) is 4. The summed E-state index contributed by atoms with van der Waals surface area (Å²) in [5.41, 5.74) is 1.58. The Morgan fingerprint density at radius 3 is 2.20 bits per heavy atom. The Hall–Kier alpha value is -3.14. The third-order valence-electron chi connectivity index (χ3n) is 6.55. The molecule has 41 heavy (non-hydrogen) atoms. The minimum atomic E-state index is -4.24. The molecule has 0 saturated carbocycles. The fraction of sp³-hybridized carbons (Fsp3) is 0.333. The van der Waals surface area contributed by atoms with E-state index in [1.54, 1.807) is 37.3 Å². The van der Waals surface area contributed by atoms with Crippen LogP contribution in [0.3, 0.4) is 0 Å². The SMILES string of the molecule is CCCCNC(=O)[C@H](CC)N(Cc1ccc(Cl)c(Cl)c1)C(=O)CN(c1ccc(F)cc1)S(=O)(=O)c1ccc(C)cc1. The van der Waals surface area contributed by atoms with E-state index in [1.165, 1.54) is 29.2 Å². The Morgan fingerprint density at radius 2 is 1.61 bits per heavy atom. The predicted molar refractivity (Wildman–Crippen MR) is 161 cm³/mol. The summed E-state index contributed by atoms with van der Waals surface area (Å²) < 4.78 is 42.4. The first kappa shape index (κ1) is 32.4. The molecule has 1 atom stereocenters. The maximum absolute atomic E-state index is 14.0. The molecule has 3 aromatic rings. The van der Waals surface area contributed by atoms with Crippen LogP contribution < -0.4 is 9.62 Å². The normalized spacial score (nSPS) is 12.0. The average molecular weight is 623 g/mol. The minimum Gasteiger partial charge on any atom is -0.354 e. The van der Waals surface area contributed by atoms with Crippen LogP contribution in [-0.2, 0) is 26.2 Å². The summed E-state index contributed by atoms with van der Waals surface area (Å²) in [4.78, 5) is 28.6. The van der Waals surface area contributed by atoms with Crippen molar-refractivity contribution >= 4 is 50.7 Å². The van der Waals surface area contributed by atoms with Crippen molar-refractivity contribution in [2.24, 2.45) is 0 Å². The van der Waals surface area contributed by atoms with Gasteiger partial charge in [0.1, 0.15) is 18.4 Å². The van der Waals surface area contributed by atoms with Crippen molar-refractivity contribution < 1.29 is 22.4 Å². The molecule has 1 N–H and O–H groups in total. The van der Waals surface area contributed by atoms with Gasteiger partial charge in [0.15, 0.2) is 0 Å². The Bertz CT molecular complexity index is 1450. The third kappa shape index (κ3) is 8.44. The fourth-order valence-corrected chi connectivity index (χ4v) is 5.97. The Morgan fingerprint density at radius 1 is 0.951 bits per heavy atom. The van der Waals surface area contributed by atoms with Gasteiger partial charge in [-0.3, -0.25) is 13.9 Å². The summed E-state index contributed by atoms with van der Waals surface area (Å²) >= 11 is 12.3. The molecule has 0 aromatic heterocycles. The lowest BCUT2D eigenvalue weighted by molar-refractivity contribution is -0.140. The lowest BCUT2D eigenvalue weighted by Crippen LogP contribution is -2.52. The van der Waals surface area contributed by atoms with Gasteiger partial charge in [-0.05, 0) is 73.9 Å². The Balaban J connectivity index is 2.04. The van der Waals surface area contributed by atoms with Crippen molar-refractivity contribution in [2.45, 2.75) is 57.5 Å². The number of anilines is 1. The standard InChI is InChI=1S/C30H34Cl2FN3O4S/c1-4-6-17-34-30(38)28(5-2)35(19-22-9-16-26(31)27(32)18-22)29(37)20-36(24-12-10-23(33)11-13-24)41(39,40)25-14-7-21(3)8-15-25/h7-16,18,28H,4-6,17,19-20H2,1-3H3,(H,34,38)/t28-/m0/s1. The zero-order valence-corrected chi connectivity index (χ0v) is 25.6. The highest BCUT2D eigenvalue weighted by molar-refractivity contribution is 7.92. The molecular formula is C30H34Cl2FN3O4S. The van der Waals surface area contributed by atoms with Crippen LogP contribution in [0.5, 0.6) is 0 Å². The second kappa shape index (κ2) is 14.7. The van der Waals surface area contributed by atoms with Crippen LogP contribution in [0.2, 0.25) is 10.0 Å². The highest BCUT2D eigenvalue weighted by Gasteiger charge is 2.33. The molecule has 0 aliphatic heterocycles. The van der Waals surface area contributed by atoms with Gasteiger partial charge in [-0.2, -0.15) is 0 Å². The van der Waals surface area contributed by atoms with Gasteiger partial charge in [0.25, 0.3) is 10.0 Å². The number of unbranched alkanes of at least 4 members (excludes halogenated alkanes) is 1.